The molecule has 0 unspecified atom stereocenters. The van der Waals surface area contributed by atoms with E-state index in [0.29, 0.717) is 24.6 Å². The Morgan fingerprint density at radius 2 is 2.16 bits per heavy atom. The van der Waals surface area contributed by atoms with Gasteiger partial charge in [0.2, 0.25) is 5.88 Å². The van der Waals surface area contributed by atoms with Crippen LogP contribution in [0.1, 0.15) is 48.3 Å². The summed E-state index contributed by atoms with van der Waals surface area (Å²) in [7, 11) is 0. The highest BCUT2D eigenvalue weighted by molar-refractivity contribution is 5.96. The number of piperidine rings is 1. The molecule has 0 bridgehead atoms. The number of rotatable bonds is 7. The molecule has 134 valence electrons. The van der Waals surface area contributed by atoms with E-state index in [1.165, 1.54) is 19.3 Å². The number of pyridine rings is 1. The van der Waals surface area contributed by atoms with Gasteiger partial charge in [0.25, 0.3) is 5.91 Å². The minimum Gasteiger partial charge on any atom is -0.477 e. The summed E-state index contributed by atoms with van der Waals surface area (Å²) in [5, 5.41) is 3.02. The quantitative estimate of drug-likeness (QED) is 0.837. The Morgan fingerprint density at radius 1 is 1.32 bits per heavy atom. The topological polar surface area (TPSA) is 67.6 Å². The molecule has 6 nitrogen and oxygen atoms in total. The number of furan rings is 1. The molecule has 1 N–H and O–H groups in total. The fraction of sp³-hybridized carbons (Fsp3) is 0.474. The Bertz CT molecular complexity index is 666. The largest absolute Gasteiger partial charge is 0.477 e. The Balaban J connectivity index is 1.69. The highest BCUT2D eigenvalue weighted by atomic mass is 16.5. The van der Waals surface area contributed by atoms with E-state index >= 15 is 0 Å². The van der Waals surface area contributed by atoms with Crippen molar-refractivity contribution in [3.8, 4) is 5.88 Å². The van der Waals surface area contributed by atoms with Crippen LogP contribution < -0.4 is 10.1 Å². The van der Waals surface area contributed by atoms with Gasteiger partial charge in [-0.25, -0.2) is 4.98 Å². The van der Waals surface area contributed by atoms with Crippen LogP contribution in [0.5, 0.6) is 5.88 Å². The van der Waals surface area contributed by atoms with Crippen LogP contribution in [0.2, 0.25) is 0 Å². The molecule has 0 radical (unpaired) electrons. The molecule has 2 aromatic rings. The summed E-state index contributed by atoms with van der Waals surface area (Å²) in [4.78, 5) is 19.1. The molecule has 6 heteroatoms. The first-order valence-electron chi connectivity index (χ1n) is 8.93. The molecular weight excluding hydrogens is 318 g/mol. The van der Waals surface area contributed by atoms with Gasteiger partial charge in [-0.05, 0) is 57.1 Å². The van der Waals surface area contributed by atoms with Crippen molar-refractivity contribution >= 4 is 5.91 Å². The average molecular weight is 343 g/mol. The molecule has 0 spiro atoms. The maximum absolute atomic E-state index is 12.6. The first-order valence-corrected chi connectivity index (χ1v) is 8.93. The van der Waals surface area contributed by atoms with Crippen molar-refractivity contribution in [3.05, 3.63) is 48.0 Å². The van der Waals surface area contributed by atoms with Crippen LogP contribution in [-0.2, 0) is 0 Å². The van der Waals surface area contributed by atoms with E-state index in [0.717, 1.165) is 18.8 Å². The van der Waals surface area contributed by atoms with Gasteiger partial charge in [0.15, 0.2) is 0 Å². The monoisotopic (exact) mass is 343 g/mol. The fourth-order valence-electron chi connectivity index (χ4n) is 3.22. The van der Waals surface area contributed by atoms with Gasteiger partial charge in [-0.2, -0.15) is 0 Å². The molecule has 1 aliphatic rings. The highest BCUT2D eigenvalue weighted by Crippen LogP contribution is 2.25. The SMILES string of the molecule is CCOc1ncccc1C(=O)NC[C@H](c1ccco1)N1CCCCC1. The zero-order valence-corrected chi connectivity index (χ0v) is 14.6. The zero-order chi connectivity index (χ0) is 17.5. The summed E-state index contributed by atoms with van der Waals surface area (Å²) in [6.07, 6.45) is 6.94. The predicted molar refractivity (Wildman–Crippen MR) is 94.6 cm³/mol. The summed E-state index contributed by atoms with van der Waals surface area (Å²) < 4.78 is 11.1. The van der Waals surface area contributed by atoms with Crippen LogP contribution in [0.15, 0.2) is 41.1 Å². The first kappa shape index (κ1) is 17.5. The number of aromatic nitrogens is 1. The van der Waals surface area contributed by atoms with Crippen LogP contribution >= 0.6 is 0 Å². The fourth-order valence-corrected chi connectivity index (χ4v) is 3.22. The van der Waals surface area contributed by atoms with Gasteiger partial charge in [0.1, 0.15) is 11.3 Å². The van der Waals surface area contributed by atoms with E-state index < -0.39 is 0 Å². The van der Waals surface area contributed by atoms with Gasteiger partial charge in [-0.15, -0.1) is 0 Å². The number of likely N-dealkylation sites (tertiary alicyclic amines) is 1. The number of nitrogens with one attached hydrogen (secondary N) is 1. The van der Waals surface area contributed by atoms with Crippen molar-refractivity contribution in [1.82, 2.24) is 15.2 Å². The van der Waals surface area contributed by atoms with Gasteiger partial charge in [-0.3, -0.25) is 9.69 Å². The summed E-state index contributed by atoms with van der Waals surface area (Å²) >= 11 is 0. The van der Waals surface area contributed by atoms with E-state index in [4.69, 9.17) is 9.15 Å². The molecule has 3 rings (SSSR count). The zero-order valence-electron chi connectivity index (χ0n) is 14.6. The number of hydrogen-bond acceptors (Lipinski definition) is 5. The Labute approximate surface area is 148 Å². The lowest BCUT2D eigenvalue weighted by molar-refractivity contribution is 0.0909. The molecule has 3 heterocycles. The molecule has 25 heavy (non-hydrogen) atoms. The van der Waals surface area contributed by atoms with Crippen LogP contribution in [0.25, 0.3) is 0 Å². The normalized spacial score (nSPS) is 16.4. The molecule has 0 aromatic carbocycles. The van der Waals surface area contributed by atoms with Gasteiger partial charge in [-0.1, -0.05) is 6.42 Å². The van der Waals surface area contributed by atoms with Crippen LogP contribution in [0, 0.1) is 0 Å². The smallest absolute Gasteiger partial charge is 0.256 e. The van der Waals surface area contributed by atoms with Gasteiger partial charge >= 0.3 is 0 Å². The van der Waals surface area contributed by atoms with E-state index in [1.54, 1.807) is 24.6 Å². The van der Waals surface area contributed by atoms with E-state index in [9.17, 15) is 4.79 Å². The summed E-state index contributed by atoms with van der Waals surface area (Å²) in [6, 6.07) is 7.39. The lowest BCUT2D eigenvalue weighted by Crippen LogP contribution is -2.40. The van der Waals surface area contributed by atoms with Crippen molar-refractivity contribution in [2.24, 2.45) is 0 Å². The molecule has 1 atom stereocenters. The number of carbonyl (C=O) groups is 1. The summed E-state index contributed by atoms with van der Waals surface area (Å²) in [6.45, 7) is 4.89. The molecule has 2 aromatic heterocycles. The second-order valence-corrected chi connectivity index (χ2v) is 6.13. The highest BCUT2D eigenvalue weighted by Gasteiger charge is 2.25. The molecular formula is C19H25N3O3. The number of nitrogens with zero attached hydrogens (tertiary/aromatic N) is 2. The Kier molecular flexibility index (Phi) is 6.06. The Hall–Kier alpha value is -2.34. The third-order valence-corrected chi connectivity index (χ3v) is 4.46. The molecule has 1 saturated heterocycles. The van der Waals surface area contributed by atoms with E-state index in [1.807, 2.05) is 19.1 Å². The predicted octanol–water partition coefficient (Wildman–Crippen LogP) is 3.03. The second-order valence-electron chi connectivity index (χ2n) is 6.13. The van der Waals surface area contributed by atoms with Crippen molar-refractivity contribution in [2.45, 2.75) is 32.2 Å². The lowest BCUT2D eigenvalue weighted by Gasteiger charge is -2.33. The van der Waals surface area contributed by atoms with E-state index in [-0.39, 0.29) is 11.9 Å². The van der Waals surface area contributed by atoms with Crippen molar-refractivity contribution in [3.63, 3.8) is 0 Å². The van der Waals surface area contributed by atoms with Gasteiger partial charge < -0.3 is 14.5 Å². The third kappa shape index (κ3) is 4.39. The van der Waals surface area contributed by atoms with Crippen molar-refractivity contribution in [2.75, 3.05) is 26.2 Å². The van der Waals surface area contributed by atoms with Crippen molar-refractivity contribution < 1.29 is 13.9 Å². The Morgan fingerprint density at radius 3 is 2.88 bits per heavy atom. The second kappa shape index (κ2) is 8.67. The van der Waals surface area contributed by atoms with Gasteiger partial charge in [0.05, 0.1) is 18.9 Å². The first-order chi connectivity index (χ1) is 12.3. The third-order valence-electron chi connectivity index (χ3n) is 4.46. The number of carbonyl (C=O) groups excluding carboxylic acids is 1. The maximum atomic E-state index is 12.6. The van der Waals surface area contributed by atoms with Crippen LogP contribution in [0.3, 0.4) is 0 Å². The van der Waals surface area contributed by atoms with Crippen molar-refractivity contribution in [1.29, 1.82) is 0 Å². The van der Waals surface area contributed by atoms with E-state index in [2.05, 4.69) is 15.2 Å². The summed E-state index contributed by atoms with van der Waals surface area (Å²) in [5.41, 5.74) is 0.459. The molecule has 0 aliphatic carbocycles. The molecule has 1 aliphatic heterocycles. The lowest BCUT2D eigenvalue weighted by atomic mass is 10.1. The minimum absolute atomic E-state index is 0.0477. The van der Waals surface area contributed by atoms with Crippen LogP contribution in [-0.4, -0.2) is 42.0 Å². The standard InChI is InChI=1S/C19H25N3O3/c1-2-24-19-15(8-6-10-20-19)18(23)21-14-16(17-9-7-13-25-17)22-11-4-3-5-12-22/h6-10,13,16H,2-5,11-12,14H2,1H3,(H,21,23)/t16-/m1/s1. The van der Waals surface area contributed by atoms with Crippen LogP contribution in [0.4, 0.5) is 0 Å². The molecule has 1 amide bonds. The molecule has 0 saturated carbocycles. The number of ether oxygens (including phenoxy) is 1. The number of hydrogen-bond donors (Lipinski definition) is 1. The maximum Gasteiger partial charge on any atom is 0.256 e. The number of amides is 1. The average Bonchev–Trinajstić information content (AvgIpc) is 3.18. The minimum atomic E-state index is -0.176. The van der Waals surface area contributed by atoms with Gasteiger partial charge in [0, 0.05) is 12.7 Å². The molecule has 1 fully saturated rings. The summed E-state index contributed by atoms with van der Waals surface area (Å²) in [5.74, 6) is 1.08.